The SMILES string of the molecule is CC1CCCC(O)(CNC2COc3cc(O)ccc32)C1. The van der Waals surface area contributed by atoms with Crippen molar-refractivity contribution in [1.29, 1.82) is 0 Å². The van der Waals surface area contributed by atoms with Crippen molar-refractivity contribution in [1.82, 2.24) is 5.32 Å². The molecular formula is C16H23NO3. The van der Waals surface area contributed by atoms with E-state index in [2.05, 4.69) is 12.2 Å². The second-order valence-corrected chi connectivity index (χ2v) is 6.39. The lowest BCUT2D eigenvalue weighted by Gasteiger charge is -2.36. The van der Waals surface area contributed by atoms with Crippen LogP contribution in [0.15, 0.2) is 18.2 Å². The number of phenols is 1. The van der Waals surface area contributed by atoms with Crippen LogP contribution in [-0.2, 0) is 0 Å². The molecule has 0 amide bonds. The quantitative estimate of drug-likeness (QED) is 0.793. The third-order valence-corrected chi connectivity index (χ3v) is 4.52. The second kappa shape index (κ2) is 5.26. The zero-order valence-corrected chi connectivity index (χ0v) is 11.9. The average Bonchev–Trinajstić information content (AvgIpc) is 2.78. The summed E-state index contributed by atoms with van der Waals surface area (Å²) in [6.07, 6.45) is 4.07. The Bertz CT molecular complexity index is 491. The van der Waals surface area contributed by atoms with Gasteiger partial charge in [-0.15, -0.1) is 0 Å². The second-order valence-electron chi connectivity index (χ2n) is 6.39. The highest BCUT2D eigenvalue weighted by Gasteiger charge is 2.34. The highest BCUT2D eigenvalue weighted by molar-refractivity contribution is 5.44. The Hall–Kier alpha value is -1.26. The van der Waals surface area contributed by atoms with Gasteiger partial charge >= 0.3 is 0 Å². The Morgan fingerprint density at radius 1 is 1.45 bits per heavy atom. The molecule has 4 heteroatoms. The molecule has 3 N–H and O–H groups in total. The van der Waals surface area contributed by atoms with Crippen LogP contribution >= 0.6 is 0 Å². The van der Waals surface area contributed by atoms with Gasteiger partial charge in [0, 0.05) is 18.2 Å². The van der Waals surface area contributed by atoms with E-state index < -0.39 is 5.60 Å². The highest BCUT2D eigenvalue weighted by Crippen LogP contribution is 2.36. The van der Waals surface area contributed by atoms with E-state index in [-0.39, 0.29) is 11.8 Å². The largest absolute Gasteiger partial charge is 0.508 e. The third kappa shape index (κ3) is 2.76. The summed E-state index contributed by atoms with van der Waals surface area (Å²) in [6.45, 7) is 3.37. The van der Waals surface area contributed by atoms with Crippen LogP contribution in [0.1, 0.15) is 44.2 Å². The molecule has 1 aliphatic carbocycles. The molecule has 0 spiro atoms. The fraction of sp³-hybridized carbons (Fsp3) is 0.625. The Morgan fingerprint density at radius 3 is 3.10 bits per heavy atom. The van der Waals surface area contributed by atoms with Crippen molar-refractivity contribution in [3.8, 4) is 11.5 Å². The number of aliphatic hydroxyl groups is 1. The minimum absolute atomic E-state index is 0.104. The zero-order chi connectivity index (χ0) is 14.2. The molecular weight excluding hydrogens is 254 g/mol. The predicted octanol–water partition coefficient (Wildman–Crippen LogP) is 2.36. The van der Waals surface area contributed by atoms with Crippen molar-refractivity contribution in [3.05, 3.63) is 23.8 Å². The molecule has 3 rings (SSSR count). The molecule has 0 saturated heterocycles. The number of hydrogen-bond acceptors (Lipinski definition) is 4. The monoisotopic (exact) mass is 277 g/mol. The van der Waals surface area contributed by atoms with Gasteiger partial charge in [-0.3, -0.25) is 0 Å². The lowest BCUT2D eigenvalue weighted by atomic mass is 9.79. The Labute approximate surface area is 119 Å². The van der Waals surface area contributed by atoms with Gasteiger partial charge in [0.2, 0.25) is 0 Å². The van der Waals surface area contributed by atoms with Crippen molar-refractivity contribution in [2.75, 3.05) is 13.2 Å². The van der Waals surface area contributed by atoms with E-state index in [0.717, 1.165) is 30.6 Å². The van der Waals surface area contributed by atoms with Crippen LogP contribution in [0.25, 0.3) is 0 Å². The topological polar surface area (TPSA) is 61.7 Å². The van der Waals surface area contributed by atoms with E-state index in [9.17, 15) is 10.2 Å². The minimum atomic E-state index is -0.586. The number of rotatable bonds is 3. The molecule has 1 aliphatic heterocycles. The Kier molecular flexibility index (Phi) is 3.61. The van der Waals surface area contributed by atoms with Crippen LogP contribution in [-0.4, -0.2) is 29.0 Å². The maximum Gasteiger partial charge on any atom is 0.127 e. The Balaban J connectivity index is 1.63. The molecule has 2 aliphatic rings. The molecule has 0 radical (unpaired) electrons. The van der Waals surface area contributed by atoms with Crippen LogP contribution in [0.3, 0.4) is 0 Å². The molecule has 1 saturated carbocycles. The first-order valence-electron chi connectivity index (χ1n) is 7.47. The smallest absolute Gasteiger partial charge is 0.127 e. The first-order valence-corrected chi connectivity index (χ1v) is 7.47. The van der Waals surface area contributed by atoms with Crippen molar-refractivity contribution < 1.29 is 14.9 Å². The first-order chi connectivity index (χ1) is 9.56. The van der Waals surface area contributed by atoms with E-state index in [1.54, 1.807) is 12.1 Å². The maximum atomic E-state index is 10.7. The highest BCUT2D eigenvalue weighted by atomic mass is 16.5. The number of ether oxygens (including phenoxy) is 1. The van der Waals surface area contributed by atoms with Crippen LogP contribution in [0.5, 0.6) is 11.5 Å². The molecule has 20 heavy (non-hydrogen) atoms. The number of nitrogens with one attached hydrogen (secondary N) is 1. The summed E-state index contributed by atoms with van der Waals surface area (Å²) in [4.78, 5) is 0. The van der Waals surface area contributed by atoms with E-state index in [0.29, 0.717) is 19.1 Å². The Morgan fingerprint density at radius 2 is 2.30 bits per heavy atom. The van der Waals surface area contributed by atoms with Crippen molar-refractivity contribution in [3.63, 3.8) is 0 Å². The number of phenolic OH excluding ortho intramolecular Hbond substituents is 1. The predicted molar refractivity (Wildman–Crippen MR) is 76.9 cm³/mol. The van der Waals surface area contributed by atoms with Gasteiger partial charge in [0.05, 0.1) is 11.6 Å². The third-order valence-electron chi connectivity index (χ3n) is 4.52. The molecule has 110 valence electrons. The van der Waals surface area contributed by atoms with E-state index in [4.69, 9.17) is 4.74 Å². The van der Waals surface area contributed by atoms with Crippen molar-refractivity contribution >= 4 is 0 Å². The molecule has 1 heterocycles. The van der Waals surface area contributed by atoms with Crippen LogP contribution in [0.4, 0.5) is 0 Å². The van der Waals surface area contributed by atoms with Gasteiger partial charge in [-0.2, -0.15) is 0 Å². The number of hydrogen-bond donors (Lipinski definition) is 3. The fourth-order valence-electron chi connectivity index (χ4n) is 3.47. The first kappa shape index (κ1) is 13.7. The standard InChI is InChI=1S/C16H23NO3/c1-11-3-2-6-16(19,8-11)10-17-14-9-20-15-7-12(18)4-5-13(14)15/h4-5,7,11,14,17-19H,2-3,6,8-10H2,1H3. The molecule has 0 bridgehead atoms. The molecule has 3 unspecified atom stereocenters. The summed E-state index contributed by atoms with van der Waals surface area (Å²) in [5, 5.41) is 23.5. The molecule has 4 nitrogen and oxygen atoms in total. The van der Waals surface area contributed by atoms with E-state index in [1.165, 1.54) is 6.42 Å². The molecule has 1 fully saturated rings. The normalized spacial score (nSPS) is 32.7. The summed E-state index contributed by atoms with van der Waals surface area (Å²) in [6, 6.07) is 5.32. The lowest BCUT2D eigenvalue weighted by Crippen LogP contribution is -2.45. The van der Waals surface area contributed by atoms with Gasteiger partial charge < -0.3 is 20.3 Å². The summed E-state index contributed by atoms with van der Waals surface area (Å²) < 4.78 is 5.58. The van der Waals surface area contributed by atoms with Gasteiger partial charge in [0.15, 0.2) is 0 Å². The van der Waals surface area contributed by atoms with Gasteiger partial charge in [-0.1, -0.05) is 19.8 Å². The maximum absolute atomic E-state index is 10.7. The molecule has 0 aromatic heterocycles. The number of aromatic hydroxyl groups is 1. The van der Waals surface area contributed by atoms with Crippen LogP contribution in [0, 0.1) is 5.92 Å². The van der Waals surface area contributed by atoms with Crippen LogP contribution < -0.4 is 10.1 Å². The molecule has 1 aromatic carbocycles. The molecule has 3 atom stereocenters. The summed E-state index contributed by atoms with van der Waals surface area (Å²) in [7, 11) is 0. The van der Waals surface area contributed by atoms with Gasteiger partial charge in [-0.25, -0.2) is 0 Å². The van der Waals surface area contributed by atoms with Crippen molar-refractivity contribution in [2.45, 2.75) is 44.2 Å². The minimum Gasteiger partial charge on any atom is -0.508 e. The van der Waals surface area contributed by atoms with E-state index in [1.807, 2.05) is 6.07 Å². The van der Waals surface area contributed by atoms with E-state index >= 15 is 0 Å². The summed E-state index contributed by atoms with van der Waals surface area (Å²) in [5.41, 5.74) is 0.479. The van der Waals surface area contributed by atoms with Crippen LogP contribution in [0.2, 0.25) is 0 Å². The van der Waals surface area contributed by atoms with Gasteiger partial charge in [0.1, 0.15) is 18.1 Å². The van der Waals surface area contributed by atoms with Gasteiger partial charge in [0.25, 0.3) is 0 Å². The summed E-state index contributed by atoms with van der Waals surface area (Å²) >= 11 is 0. The van der Waals surface area contributed by atoms with Gasteiger partial charge in [-0.05, 0) is 30.9 Å². The average molecular weight is 277 g/mol. The molecule has 1 aromatic rings. The zero-order valence-electron chi connectivity index (χ0n) is 11.9. The number of benzene rings is 1. The van der Waals surface area contributed by atoms with Crippen molar-refractivity contribution in [2.24, 2.45) is 5.92 Å². The fourth-order valence-corrected chi connectivity index (χ4v) is 3.47. The summed E-state index contributed by atoms with van der Waals surface area (Å²) in [5.74, 6) is 1.57. The lowest BCUT2D eigenvalue weighted by molar-refractivity contribution is -0.0141. The number of fused-ring (bicyclic) bond motifs is 1.